The fraction of sp³-hybridized carbons (Fsp3) is 0.233. The number of benzene rings is 3. The molecule has 1 aliphatic heterocycles. The van der Waals surface area contributed by atoms with Crippen molar-refractivity contribution in [2.75, 3.05) is 11.5 Å². The summed E-state index contributed by atoms with van der Waals surface area (Å²) in [6.07, 6.45) is 5.15. The van der Waals surface area contributed by atoms with Crippen molar-refractivity contribution in [3.8, 4) is 0 Å². The van der Waals surface area contributed by atoms with Crippen LogP contribution in [0.15, 0.2) is 97.1 Å². The number of aldehydes is 1. The molecule has 0 fully saturated rings. The average molecular weight is 468 g/mol. The van der Waals surface area contributed by atoms with Gasteiger partial charge in [-0.05, 0) is 29.2 Å². The minimum Gasteiger partial charge on any atom is -0.462 e. The van der Waals surface area contributed by atoms with Crippen LogP contribution in [-0.2, 0) is 31.1 Å². The number of amides is 1. The summed E-state index contributed by atoms with van der Waals surface area (Å²) >= 11 is 0. The quantitative estimate of drug-likeness (QED) is 0.229. The fourth-order valence-corrected chi connectivity index (χ4v) is 5.06. The van der Waals surface area contributed by atoms with E-state index in [1.807, 2.05) is 95.9 Å². The third kappa shape index (κ3) is 4.94. The summed E-state index contributed by atoms with van der Waals surface area (Å²) in [4.78, 5) is 39.4. The first-order valence-electron chi connectivity index (χ1n) is 11.8. The Labute approximate surface area is 206 Å². The van der Waals surface area contributed by atoms with Crippen molar-refractivity contribution in [3.05, 3.63) is 114 Å². The molecule has 0 aromatic heterocycles. The van der Waals surface area contributed by atoms with E-state index >= 15 is 0 Å². The number of rotatable bonds is 10. The third-order valence-corrected chi connectivity index (χ3v) is 6.60. The summed E-state index contributed by atoms with van der Waals surface area (Å²) in [6.45, 7) is 1.94. The van der Waals surface area contributed by atoms with Gasteiger partial charge >= 0.3 is 5.97 Å². The number of carbonyl (C=O) groups is 3. The molecule has 0 unspecified atom stereocenters. The van der Waals surface area contributed by atoms with Crippen LogP contribution in [0.1, 0.15) is 42.4 Å². The predicted octanol–water partition coefficient (Wildman–Crippen LogP) is 5.35. The minimum atomic E-state index is -0.972. The smallest absolute Gasteiger partial charge is 0.302 e. The molecular weight excluding hydrogens is 438 g/mol. The number of ether oxygens (including phenoxy) is 1. The van der Waals surface area contributed by atoms with Crippen molar-refractivity contribution < 1.29 is 19.1 Å². The van der Waals surface area contributed by atoms with Gasteiger partial charge in [-0.25, -0.2) is 0 Å². The van der Waals surface area contributed by atoms with Crippen LogP contribution in [0, 0.1) is 0 Å². The second-order valence-electron chi connectivity index (χ2n) is 8.71. The Hall–Kier alpha value is -3.99. The summed E-state index contributed by atoms with van der Waals surface area (Å²) in [5.41, 5.74) is 2.77. The van der Waals surface area contributed by atoms with Gasteiger partial charge < -0.3 is 14.4 Å². The molecule has 35 heavy (non-hydrogen) atoms. The highest BCUT2D eigenvalue weighted by atomic mass is 16.5. The molecule has 0 bridgehead atoms. The number of esters is 1. The molecule has 178 valence electrons. The van der Waals surface area contributed by atoms with Crippen molar-refractivity contribution in [3.63, 3.8) is 0 Å². The number of anilines is 1. The van der Waals surface area contributed by atoms with Crippen molar-refractivity contribution >= 4 is 23.9 Å². The zero-order valence-corrected chi connectivity index (χ0v) is 19.8. The second-order valence-corrected chi connectivity index (χ2v) is 8.71. The molecule has 5 heteroatoms. The van der Waals surface area contributed by atoms with Gasteiger partial charge in [0.2, 0.25) is 5.91 Å². The molecule has 0 aliphatic carbocycles. The Balaban J connectivity index is 1.83. The molecule has 0 saturated heterocycles. The topological polar surface area (TPSA) is 63.7 Å². The van der Waals surface area contributed by atoms with E-state index in [9.17, 15) is 14.4 Å². The Bertz CT molecular complexity index is 1210. The van der Waals surface area contributed by atoms with Gasteiger partial charge in [-0.15, -0.1) is 0 Å². The van der Waals surface area contributed by atoms with Crippen LogP contribution in [0.3, 0.4) is 0 Å². The minimum absolute atomic E-state index is 0.0320. The Morgan fingerprint density at radius 1 is 0.943 bits per heavy atom. The number of carbonyl (C=O) groups excluding carboxylic acids is 3. The maximum absolute atomic E-state index is 14.4. The largest absolute Gasteiger partial charge is 0.462 e. The number of para-hydroxylation sites is 1. The number of hydrogen-bond acceptors (Lipinski definition) is 4. The zero-order chi connectivity index (χ0) is 24.7. The lowest BCUT2D eigenvalue weighted by Gasteiger charge is -2.36. The van der Waals surface area contributed by atoms with Crippen LogP contribution >= 0.6 is 0 Å². The molecule has 1 heterocycles. The van der Waals surface area contributed by atoms with E-state index in [1.54, 1.807) is 6.08 Å². The average Bonchev–Trinajstić information content (AvgIpc) is 3.11. The van der Waals surface area contributed by atoms with Crippen molar-refractivity contribution in [1.82, 2.24) is 0 Å². The SMILES string of the molecule is CC(=O)OC/C=C\C[C@@]1([C@@H](CC=O)c2ccccc2)C(=O)N(Cc2ccccc2)c2ccccc21. The molecule has 1 aliphatic rings. The molecule has 5 nitrogen and oxygen atoms in total. The van der Waals surface area contributed by atoms with Crippen LogP contribution in [0.4, 0.5) is 5.69 Å². The first-order valence-corrected chi connectivity index (χ1v) is 11.8. The lowest BCUT2D eigenvalue weighted by Crippen LogP contribution is -2.44. The van der Waals surface area contributed by atoms with E-state index in [0.717, 1.165) is 28.7 Å². The van der Waals surface area contributed by atoms with E-state index in [-0.39, 0.29) is 30.8 Å². The highest BCUT2D eigenvalue weighted by molar-refractivity contribution is 6.09. The Morgan fingerprint density at radius 3 is 2.29 bits per heavy atom. The molecule has 0 radical (unpaired) electrons. The number of hydrogen-bond donors (Lipinski definition) is 0. The van der Waals surface area contributed by atoms with Crippen molar-refractivity contribution in [2.45, 2.75) is 37.6 Å². The van der Waals surface area contributed by atoms with Crippen LogP contribution in [0.25, 0.3) is 0 Å². The number of fused-ring (bicyclic) bond motifs is 1. The first-order chi connectivity index (χ1) is 17.1. The second kappa shape index (κ2) is 11.0. The van der Waals surface area contributed by atoms with Crippen molar-refractivity contribution in [1.29, 1.82) is 0 Å². The predicted molar refractivity (Wildman–Crippen MR) is 136 cm³/mol. The summed E-state index contributed by atoms with van der Waals surface area (Å²) in [5, 5.41) is 0. The summed E-state index contributed by atoms with van der Waals surface area (Å²) in [6, 6.07) is 27.5. The molecular formula is C30H29NO4. The zero-order valence-electron chi connectivity index (χ0n) is 19.8. The molecule has 0 N–H and O–H groups in total. The molecule has 3 aromatic carbocycles. The Morgan fingerprint density at radius 2 is 1.60 bits per heavy atom. The van der Waals surface area contributed by atoms with Crippen molar-refractivity contribution in [2.24, 2.45) is 0 Å². The standard InChI is InChI=1S/C30H29NO4/c1-23(33)35-21-11-10-19-30(26(18-20-32)25-14-6-3-7-15-25)27-16-8-9-17-28(27)31(29(30)34)22-24-12-4-2-5-13-24/h2-17,20,26H,18-19,21-22H2,1H3/b11-10-/t26-,30-/m0/s1. The lowest BCUT2D eigenvalue weighted by molar-refractivity contribution is -0.139. The van der Waals surface area contributed by atoms with Gasteiger partial charge in [0, 0.05) is 24.9 Å². The Kier molecular flexibility index (Phi) is 7.56. The third-order valence-electron chi connectivity index (χ3n) is 6.60. The number of allylic oxidation sites excluding steroid dienone is 1. The van der Waals surface area contributed by atoms with Gasteiger partial charge in [0.25, 0.3) is 0 Å². The first kappa shape index (κ1) is 24.1. The van der Waals surface area contributed by atoms with E-state index in [4.69, 9.17) is 4.74 Å². The molecule has 0 spiro atoms. The normalized spacial score (nSPS) is 17.9. The molecule has 2 atom stereocenters. The monoisotopic (exact) mass is 467 g/mol. The van der Waals surface area contributed by atoms with Gasteiger partial charge in [-0.2, -0.15) is 0 Å². The highest BCUT2D eigenvalue weighted by Gasteiger charge is 2.54. The van der Waals surface area contributed by atoms with Gasteiger partial charge in [-0.3, -0.25) is 9.59 Å². The maximum atomic E-state index is 14.4. The lowest BCUT2D eigenvalue weighted by atomic mass is 9.65. The van der Waals surface area contributed by atoms with Crippen LogP contribution in [0.5, 0.6) is 0 Å². The van der Waals surface area contributed by atoms with Gasteiger partial charge in [0.1, 0.15) is 12.9 Å². The van der Waals surface area contributed by atoms with Crippen LogP contribution < -0.4 is 4.90 Å². The molecule has 1 amide bonds. The van der Waals surface area contributed by atoms with Crippen LogP contribution in [0.2, 0.25) is 0 Å². The maximum Gasteiger partial charge on any atom is 0.302 e. The van der Waals surface area contributed by atoms with E-state index in [2.05, 4.69) is 0 Å². The molecule has 3 aromatic rings. The summed E-state index contributed by atoms with van der Waals surface area (Å²) in [5.74, 6) is -0.742. The summed E-state index contributed by atoms with van der Waals surface area (Å²) < 4.78 is 5.05. The van der Waals surface area contributed by atoms with Gasteiger partial charge in [0.15, 0.2) is 0 Å². The van der Waals surface area contributed by atoms with E-state index < -0.39 is 5.41 Å². The van der Waals surface area contributed by atoms with Gasteiger partial charge in [0.05, 0.1) is 12.0 Å². The molecule has 0 saturated carbocycles. The summed E-state index contributed by atoms with van der Waals surface area (Å²) in [7, 11) is 0. The number of nitrogens with zero attached hydrogens (tertiary/aromatic N) is 1. The molecule has 4 rings (SSSR count). The van der Waals surface area contributed by atoms with E-state index in [0.29, 0.717) is 13.0 Å². The fourth-order valence-electron chi connectivity index (χ4n) is 5.06. The highest BCUT2D eigenvalue weighted by Crippen LogP contribution is 2.53. The van der Waals surface area contributed by atoms with E-state index in [1.165, 1.54) is 6.92 Å². The van der Waals surface area contributed by atoms with Crippen LogP contribution in [-0.4, -0.2) is 24.8 Å². The van der Waals surface area contributed by atoms with Gasteiger partial charge in [-0.1, -0.05) is 91.0 Å².